The lowest BCUT2D eigenvalue weighted by Crippen LogP contribution is -2.49. The Morgan fingerprint density at radius 1 is 1.12 bits per heavy atom. The van der Waals surface area contributed by atoms with Crippen molar-refractivity contribution in [3.63, 3.8) is 0 Å². The highest BCUT2D eigenvalue weighted by atomic mass is 19.1. The molecule has 2 fully saturated rings. The molecule has 25 heavy (non-hydrogen) atoms. The van der Waals surface area contributed by atoms with E-state index >= 15 is 0 Å². The molecule has 1 heterocycles. The van der Waals surface area contributed by atoms with Crippen LogP contribution in [0.25, 0.3) is 0 Å². The number of carbonyl (C=O) groups excluding carboxylic acids is 1. The Labute approximate surface area is 148 Å². The van der Waals surface area contributed by atoms with E-state index in [0.717, 1.165) is 44.5 Å². The molecule has 1 saturated heterocycles. The number of halogens is 2. The molecule has 0 bridgehead atoms. The van der Waals surface area contributed by atoms with Crippen molar-refractivity contribution in [2.45, 2.75) is 57.4 Å². The van der Waals surface area contributed by atoms with Crippen LogP contribution in [0.5, 0.6) is 0 Å². The molecule has 1 unspecified atom stereocenters. The Morgan fingerprint density at radius 3 is 2.68 bits per heavy atom. The SMILES string of the molecule is O=C(Cc1ccc(F)cc1F)NC1CCCN(CC2CCCCC2)C1. The van der Waals surface area contributed by atoms with E-state index in [2.05, 4.69) is 10.2 Å². The van der Waals surface area contributed by atoms with Crippen LogP contribution in [0.3, 0.4) is 0 Å². The number of carbonyl (C=O) groups is 1. The molecule has 3 nitrogen and oxygen atoms in total. The molecule has 1 aromatic rings. The Morgan fingerprint density at radius 2 is 1.92 bits per heavy atom. The summed E-state index contributed by atoms with van der Waals surface area (Å²) < 4.78 is 26.6. The highest BCUT2D eigenvalue weighted by Gasteiger charge is 2.24. The highest BCUT2D eigenvalue weighted by molar-refractivity contribution is 5.78. The average Bonchev–Trinajstić information content (AvgIpc) is 2.59. The quantitative estimate of drug-likeness (QED) is 0.879. The molecule has 1 aliphatic carbocycles. The number of nitrogens with zero attached hydrogens (tertiary/aromatic N) is 1. The minimum atomic E-state index is -0.655. The van der Waals surface area contributed by atoms with Gasteiger partial charge in [0.2, 0.25) is 5.91 Å². The summed E-state index contributed by atoms with van der Waals surface area (Å²) in [5, 5.41) is 3.04. The number of hydrogen-bond donors (Lipinski definition) is 1. The number of piperidine rings is 1. The average molecular weight is 350 g/mol. The van der Waals surface area contributed by atoms with Gasteiger partial charge in [-0.3, -0.25) is 4.79 Å². The zero-order valence-electron chi connectivity index (χ0n) is 14.8. The normalized spacial score (nSPS) is 22.7. The molecule has 0 spiro atoms. The molecule has 1 atom stereocenters. The first kappa shape index (κ1) is 18.3. The molecule has 2 aliphatic rings. The van der Waals surface area contributed by atoms with Crippen LogP contribution in [0.4, 0.5) is 8.78 Å². The second kappa shape index (κ2) is 8.75. The number of benzene rings is 1. The fraction of sp³-hybridized carbons (Fsp3) is 0.650. The van der Waals surface area contributed by atoms with E-state index in [4.69, 9.17) is 0 Å². The van der Waals surface area contributed by atoms with Gasteiger partial charge in [0.15, 0.2) is 0 Å². The lowest BCUT2D eigenvalue weighted by molar-refractivity contribution is -0.121. The lowest BCUT2D eigenvalue weighted by Gasteiger charge is -2.36. The molecule has 1 N–H and O–H groups in total. The summed E-state index contributed by atoms with van der Waals surface area (Å²) in [5.41, 5.74) is 0.244. The lowest BCUT2D eigenvalue weighted by atomic mass is 9.88. The predicted molar refractivity (Wildman–Crippen MR) is 94.2 cm³/mol. The van der Waals surface area contributed by atoms with Crippen LogP contribution in [0.15, 0.2) is 18.2 Å². The summed E-state index contributed by atoms with van der Waals surface area (Å²) in [6.07, 6.45) is 8.75. The highest BCUT2D eigenvalue weighted by Crippen LogP contribution is 2.25. The van der Waals surface area contributed by atoms with Crippen molar-refractivity contribution in [2.24, 2.45) is 5.92 Å². The summed E-state index contributed by atoms with van der Waals surface area (Å²) in [6.45, 7) is 3.13. The fourth-order valence-electron chi connectivity index (χ4n) is 4.19. The van der Waals surface area contributed by atoms with Crippen LogP contribution in [0.1, 0.15) is 50.5 Å². The van der Waals surface area contributed by atoms with Crippen molar-refractivity contribution in [1.82, 2.24) is 10.2 Å². The standard InChI is InChI=1S/C20H28F2N2O/c21-17-9-8-16(19(22)12-17)11-20(25)23-18-7-4-10-24(14-18)13-15-5-2-1-3-6-15/h8-9,12,15,18H,1-7,10-11,13-14H2,(H,23,25). The van der Waals surface area contributed by atoms with Crippen molar-refractivity contribution in [3.8, 4) is 0 Å². The molecule has 5 heteroatoms. The van der Waals surface area contributed by atoms with Crippen LogP contribution in [-0.4, -0.2) is 36.5 Å². The van der Waals surface area contributed by atoms with Gasteiger partial charge in [0.25, 0.3) is 0 Å². The molecular formula is C20H28F2N2O. The van der Waals surface area contributed by atoms with E-state index in [1.807, 2.05) is 0 Å². The maximum absolute atomic E-state index is 13.7. The zero-order valence-corrected chi connectivity index (χ0v) is 14.8. The van der Waals surface area contributed by atoms with Gasteiger partial charge in [0.05, 0.1) is 6.42 Å². The first-order valence-corrected chi connectivity index (χ1v) is 9.56. The summed E-state index contributed by atoms with van der Waals surface area (Å²) in [4.78, 5) is 14.7. The van der Waals surface area contributed by atoms with Crippen LogP contribution in [0, 0.1) is 17.6 Å². The predicted octanol–water partition coefficient (Wildman–Crippen LogP) is 3.67. The summed E-state index contributed by atoms with van der Waals surface area (Å²) in [5.74, 6) is -0.656. The van der Waals surface area contributed by atoms with Crippen molar-refractivity contribution < 1.29 is 13.6 Å². The van der Waals surface area contributed by atoms with Gasteiger partial charge in [-0.25, -0.2) is 8.78 Å². The molecule has 138 valence electrons. The van der Waals surface area contributed by atoms with E-state index in [1.165, 1.54) is 44.2 Å². The van der Waals surface area contributed by atoms with Crippen molar-refractivity contribution in [2.75, 3.05) is 19.6 Å². The number of likely N-dealkylation sites (tertiary alicyclic amines) is 1. The summed E-state index contributed by atoms with van der Waals surface area (Å²) in [7, 11) is 0. The zero-order chi connectivity index (χ0) is 17.6. The van der Waals surface area contributed by atoms with Gasteiger partial charge in [-0.2, -0.15) is 0 Å². The second-order valence-electron chi connectivity index (χ2n) is 7.58. The van der Waals surface area contributed by atoms with Gasteiger partial charge in [-0.1, -0.05) is 25.3 Å². The summed E-state index contributed by atoms with van der Waals surface area (Å²) >= 11 is 0. The summed E-state index contributed by atoms with van der Waals surface area (Å²) in [6, 6.07) is 3.50. The third kappa shape index (κ3) is 5.50. The van der Waals surface area contributed by atoms with E-state index in [0.29, 0.717) is 0 Å². The van der Waals surface area contributed by atoms with Gasteiger partial charge >= 0.3 is 0 Å². The molecule has 1 aromatic carbocycles. The van der Waals surface area contributed by atoms with Crippen LogP contribution < -0.4 is 5.32 Å². The van der Waals surface area contributed by atoms with E-state index in [9.17, 15) is 13.6 Å². The molecule has 1 saturated carbocycles. The first-order valence-electron chi connectivity index (χ1n) is 9.56. The van der Waals surface area contributed by atoms with Crippen molar-refractivity contribution in [1.29, 1.82) is 0 Å². The number of amides is 1. The molecule has 1 amide bonds. The van der Waals surface area contributed by atoms with E-state index in [-0.39, 0.29) is 23.9 Å². The van der Waals surface area contributed by atoms with Gasteiger partial charge in [0, 0.05) is 25.2 Å². The third-order valence-electron chi connectivity index (χ3n) is 5.48. The Hall–Kier alpha value is -1.49. The molecule has 1 aliphatic heterocycles. The topological polar surface area (TPSA) is 32.3 Å². The molecular weight excluding hydrogens is 322 g/mol. The smallest absolute Gasteiger partial charge is 0.224 e. The monoisotopic (exact) mass is 350 g/mol. The first-order chi connectivity index (χ1) is 12.1. The third-order valence-corrected chi connectivity index (χ3v) is 5.48. The van der Waals surface area contributed by atoms with Gasteiger partial charge in [0.1, 0.15) is 11.6 Å². The fourth-order valence-corrected chi connectivity index (χ4v) is 4.19. The Kier molecular flexibility index (Phi) is 6.40. The minimum Gasteiger partial charge on any atom is -0.352 e. The Balaban J connectivity index is 1.47. The molecule has 0 aromatic heterocycles. The van der Waals surface area contributed by atoms with E-state index in [1.54, 1.807) is 0 Å². The maximum Gasteiger partial charge on any atom is 0.224 e. The number of rotatable bonds is 5. The van der Waals surface area contributed by atoms with Gasteiger partial charge < -0.3 is 10.2 Å². The van der Waals surface area contributed by atoms with Crippen LogP contribution in [0.2, 0.25) is 0 Å². The van der Waals surface area contributed by atoms with Gasteiger partial charge in [-0.05, 0) is 49.8 Å². The minimum absolute atomic E-state index is 0.0365. The molecule has 0 radical (unpaired) electrons. The number of hydrogen-bond acceptors (Lipinski definition) is 2. The number of nitrogens with one attached hydrogen (secondary N) is 1. The largest absolute Gasteiger partial charge is 0.352 e. The maximum atomic E-state index is 13.7. The van der Waals surface area contributed by atoms with Crippen LogP contribution in [-0.2, 0) is 11.2 Å². The van der Waals surface area contributed by atoms with Crippen molar-refractivity contribution >= 4 is 5.91 Å². The van der Waals surface area contributed by atoms with Gasteiger partial charge in [-0.15, -0.1) is 0 Å². The second-order valence-corrected chi connectivity index (χ2v) is 7.58. The molecule has 3 rings (SSSR count). The van der Waals surface area contributed by atoms with Crippen LogP contribution >= 0.6 is 0 Å². The van der Waals surface area contributed by atoms with E-state index < -0.39 is 11.6 Å². The Bertz CT molecular complexity index is 587. The van der Waals surface area contributed by atoms with Crippen molar-refractivity contribution in [3.05, 3.63) is 35.4 Å².